The number of nitrogens with one attached hydrogen (secondary N) is 1. The highest BCUT2D eigenvalue weighted by molar-refractivity contribution is 5.27. The quantitative estimate of drug-likeness (QED) is 0.635. The Morgan fingerprint density at radius 2 is 1.94 bits per heavy atom. The molecule has 3 N–H and O–H groups in total. The third kappa shape index (κ3) is 4.36. The van der Waals surface area contributed by atoms with Crippen LogP contribution in [0, 0.1) is 5.92 Å². The van der Waals surface area contributed by atoms with Crippen LogP contribution in [-0.4, -0.2) is 23.3 Å². The van der Waals surface area contributed by atoms with Crippen LogP contribution in [0.1, 0.15) is 37.4 Å². The van der Waals surface area contributed by atoms with Gasteiger partial charge in [-0.1, -0.05) is 25.0 Å². The Hall–Kier alpha value is -1.06. The number of hydrogen-bond acceptors (Lipinski definition) is 3. The van der Waals surface area contributed by atoms with Crippen LogP contribution in [0.15, 0.2) is 24.3 Å². The maximum absolute atomic E-state index is 9.89. The highest BCUT2D eigenvalue weighted by Crippen LogP contribution is 2.33. The van der Waals surface area contributed by atoms with Crippen molar-refractivity contribution in [2.45, 2.75) is 31.8 Å². The lowest BCUT2D eigenvalue weighted by Gasteiger charge is -2.12. The molecule has 1 unspecified atom stereocenters. The maximum Gasteiger partial charge on any atom is 0.115 e. The van der Waals surface area contributed by atoms with Gasteiger partial charge >= 0.3 is 0 Å². The van der Waals surface area contributed by atoms with Crippen LogP contribution in [0.5, 0.6) is 5.75 Å². The maximum atomic E-state index is 9.89. The van der Waals surface area contributed by atoms with Gasteiger partial charge in [-0.2, -0.15) is 0 Å². The number of rotatable bonds is 7. The zero-order valence-electron chi connectivity index (χ0n) is 10.1. The molecule has 1 saturated carbocycles. The van der Waals surface area contributed by atoms with Crippen LogP contribution in [0.3, 0.4) is 0 Å². The Balaban J connectivity index is 1.62. The minimum absolute atomic E-state index is 0.235. The largest absolute Gasteiger partial charge is 0.508 e. The fourth-order valence-electron chi connectivity index (χ4n) is 1.98. The Kier molecular flexibility index (Phi) is 4.40. The zero-order valence-corrected chi connectivity index (χ0v) is 10.1. The number of aliphatic hydroxyl groups excluding tert-OH is 1. The molecule has 1 aromatic carbocycles. The summed E-state index contributed by atoms with van der Waals surface area (Å²) in [4.78, 5) is 0. The van der Waals surface area contributed by atoms with Crippen molar-refractivity contribution in [3.63, 3.8) is 0 Å². The summed E-state index contributed by atoms with van der Waals surface area (Å²) >= 11 is 0. The summed E-state index contributed by atoms with van der Waals surface area (Å²) in [5.41, 5.74) is 0.845. The summed E-state index contributed by atoms with van der Waals surface area (Å²) in [6, 6.07) is 6.72. The van der Waals surface area contributed by atoms with Crippen molar-refractivity contribution in [1.29, 1.82) is 0 Å². The highest BCUT2D eigenvalue weighted by atomic mass is 16.3. The molecular formula is C14H21NO2. The van der Waals surface area contributed by atoms with E-state index in [2.05, 4.69) is 5.32 Å². The molecule has 1 atom stereocenters. The third-order valence-corrected chi connectivity index (χ3v) is 3.28. The smallest absolute Gasteiger partial charge is 0.115 e. The van der Waals surface area contributed by atoms with Crippen molar-refractivity contribution in [3.8, 4) is 5.75 Å². The second kappa shape index (κ2) is 6.03. The second-order valence-electron chi connectivity index (χ2n) is 4.90. The first-order valence-electron chi connectivity index (χ1n) is 6.43. The van der Waals surface area contributed by atoms with E-state index >= 15 is 0 Å². The third-order valence-electron chi connectivity index (χ3n) is 3.28. The van der Waals surface area contributed by atoms with E-state index < -0.39 is 6.10 Å². The lowest BCUT2D eigenvalue weighted by molar-refractivity contribution is 0.174. The average molecular weight is 235 g/mol. The molecule has 3 nitrogen and oxygen atoms in total. The number of phenolic OH excluding ortho intramolecular Hbond substituents is 1. The summed E-state index contributed by atoms with van der Waals surface area (Å²) in [6.07, 6.45) is 4.86. The van der Waals surface area contributed by atoms with Gasteiger partial charge in [0.25, 0.3) is 0 Å². The van der Waals surface area contributed by atoms with E-state index in [1.807, 2.05) is 0 Å². The lowest BCUT2D eigenvalue weighted by Crippen LogP contribution is -2.22. The van der Waals surface area contributed by atoms with E-state index in [1.165, 1.54) is 25.7 Å². The first-order chi connectivity index (χ1) is 8.25. The van der Waals surface area contributed by atoms with Gasteiger partial charge in [-0.15, -0.1) is 0 Å². The molecule has 1 aliphatic rings. The number of hydrogen-bond donors (Lipinski definition) is 3. The van der Waals surface area contributed by atoms with E-state index in [-0.39, 0.29) is 5.75 Å². The Labute approximate surface area is 102 Å². The number of benzene rings is 1. The fraction of sp³-hybridized carbons (Fsp3) is 0.571. The molecule has 0 amide bonds. The van der Waals surface area contributed by atoms with Gasteiger partial charge in [0.15, 0.2) is 0 Å². The Bertz CT molecular complexity index is 333. The normalized spacial score (nSPS) is 17.0. The minimum Gasteiger partial charge on any atom is -0.508 e. The van der Waals surface area contributed by atoms with Crippen LogP contribution < -0.4 is 5.32 Å². The van der Waals surface area contributed by atoms with Crippen molar-refractivity contribution >= 4 is 0 Å². The molecule has 0 spiro atoms. The van der Waals surface area contributed by atoms with Crippen LogP contribution >= 0.6 is 0 Å². The second-order valence-corrected chi connectivity index (χ2v) is 4.90. The molecule has 1 fully saturated rings. The molecule has 1 aliphatic carbocycles. The topological polar surface area (TPSA) is 52.5 Å². The molecule has 1 aromatic rings. The Morgan fingerprint density at radius 3 is 2.59 bits per heavy atom. The van der Waals surface area contributed by atoms with E-state index in [9.17, 15) is 5.11 Å². The molecule has 0 radical (unpaired) electrons. The zero-order chi connectivity index (χ0) is 12.1. The van der Waals surface area contributed by atoms with Crippen LogP contribution in [0.25, 0.3) is 0 Å². The Morgan fingerprint density at radius 1 is 1.24 bits per heavy atom. The number of aromatic hydroxyl groups is 1. The predicted octanol–water partition coefficient (Wildman–Crippen LogP) is 2.21. The van der Waals surface area contributed by atoms with Gasteiger partial charge in [0.1, 0.15) is 5.75 Å². The number of phenols is 1. The summed E-state index contributed by atoms with van der Waals surface area (Å²) in [5, 5.41) is 22.3. The van der Waals surface area contributed by atoms with Crippen molar-refractivity contribution in [2.24, 2.45) is 5.92 Å². The van der Waals surface area contributed by atoms with Crippen molar-refractivity contribution in [2.75, 3.05) is 13.1 Å². The summed E-state index contributed by atoms with van der Waals surface area (Å²) < 4.78 is 0. The summed E-state index contributed by atoms with van der Waals surface area (Å²) in [6.45, 7) is 1.56. The van der Waals surface area contributed by atoms with Gasteiger partial charge in [0.2, 0.25) is 0 Å². The molecule has 0 bridgehead atoms. The van der Waals surface area contributed by atoms with Crippen LogP contribution in [-0.2, 0) is 0 Å². The SMILES string of the molecule is Oc1ccc(C(O)CNCCCC2CC2)cc1. The van der Waals surface area contributed by atoms with E-state index in [4.69, 9.17) is 5.11 Å². The highest BCUT2D eigenvalue weighted by Gasteiger charge is 2.19. The molecule has 0 aromatic heterocycles. The predicted molar refractivity (Wildman–Crippen MR) is 67.9 cm³/mol. The molecular weight excluding hydrogens is 214 g/mol. The van der Waals surface area contributed by atoms with E-state index in [0.717, 1.165) is 18.0 Å². The van der Waals surface area contributed by atoms with Gasteiger partial charge in [-0.3, -0.25) is 0 Å². The molecule has 2 rings (SSSR count). The van der Waals surface area contributed by atoms with Gasteiger partial charge in [0, 0.05) is 6.54 Å². The first kappa shape index (κ1) is 12.4. The molecule has 94 valence electrons. The van der Waals surface area contributed by atoms with Gasteiger partial charge < -0.3 is 15.5 Å². The molecule has 0 aliphatic heterocycles. The number of aliphatic hydroxyl groups is 1. The monoisotopic (exact) mass is 235 g/mol. The fourth-order valence-corrected chi connectivity index (χ4v) is 1.98. The lowest BCUT2D eigenvalue weighted by atomic mass is 10.1. The van der Waals surface area contributed by atoms with Crippen LogP contribution in [0.4, 0.5) is 0 Å². The van der Waals surface area contributed by atoms with Crippen molar-refractivity contribution in [3.05, 3.63) is 29.8 Å². The average Bonchev–Trinajstić information content (AvgIpc) is 3.13. The first-order valence-corrected chi connectivity index (χ1v) is 6.43. The van der Waals surface area contributed by atoms with Crippen molar-refractivity contribution < 1.29 is 10.2 Å². The van der Waals surface area contributed by atoms with Gasteiger partial charge in [-0.25, -0.2) is 0 Å². The van der Waals surface area contributed by atoms with Crippen molar-refractivity contribution in [1.82, 2.24) is 5.32 Å². The summed E-state index contributed by atoms with van der Waals surface area (Å²) in [5.74, 6) is 1.22. The molecule has 0 saturated heterocycles. The van der Waals surface area contributed by atoms with Gasteiger partial charge in [-0.05, 0) is 43.0 Å². The molecule has 3 heteroatoms. The van der Waals surface area contributed by atoms with Crippen LogP contribution in [0.2, 0.25) is 0 Å². The summed E-state index contributed by atoms with van der Waals surface area (Å²) in [7, 11) is 0. The van der Waals surface area contributed by atoms with E-state index in [1.54, 1.807) is 24.3 Å². The van der Waals surface area contributed by atoms with Gasteiger partial charge in [0.05, 0.1) is 6.10 Å². The molecule has 0 heterocycles. The van der Waals surface area contributed by atoms with E-state index in [0.29, 0.717) is 6.54 Å². The molecule has 17 heavy (non-hydrogen) atoms. The minimum atomic E-state index is -0.489. The standard InChI is InChI=1S/C14H21NO2/c16-13-7-5-12(6-8-13)14(17)10-15-9-1-2-11-3-4-11/h5-8,11,14-17H,1-4,9-10H2.